The Labute approximate surface area is 113 Å². The van der Waals surface area contributed by atoms with Crippen LogP contribution in [0.15, 0.2) is 16.9 Å². The highest BCUT2D eigenvalue weighted by atomic mass is 28.4. The number of nitrogens with two attached hydrogens (primary N) is 2. The number of allylic oxidation sites excluding steroid dienone is 1. The van der Waals surface area contributed by atoms with E-state index >= 15 is 0 Å². The maximum atomic E-state index is 6.34. The van der Waals surface area contributed by atoms with Crippen LogP contribution in [0.2, 0.25) is 18.1 Å². The molecule has 0 aromatic heterocycles. The second kappa shape index (κ2) is 5.89. The predicted octanol–water partition coefficient (Wildman–Crippen LogP) is 2.62. The van der Waals surface area contributed by atoms with Crippen molar-refractivity contribution < 1.29 is 4.43 Å². The summed E-state index contributed by atoms with van der Waals surface area (Å²) in [5.74, 6) is 0. The van der Waals surface area contributed by atoms with Crippen molar-refractivity contribution in [2.24, 2.45) is 16.5 Å². The maximum absolute atomic E-state index is 6.34. The third kappa shape index (κ3) is 5.69. The lowest BCUT2D eigenvalue weighted by Gasteiger charge is -2.42. The van der Waals surface area contributed by atoms with Gasteiger partial charge in [-0.2, -0.15) is 0 Å². The Hall–Kier alpha value is -0.813. The molecule has 0 bridgehead atoms. The summed E-state index contributed by atoms with van der Waals surface area (Å²) in [4.78, 5) is 4.28. The maximum Gasteiger partial charge on any atom is 0.192 e. The molecule has 0 heterocycles. The first-order chi connectivity index (χ1) is 7.91. The Kier molecular flexibility index (Phi) is 5.62. The minimum atomic E-state index is -1.77. The van der Waals surface area contributed by atoms with Crippen LogP contribution in [0.4, 0.5) is 0 Å². The van der Waals surface area contributed by atoms with Crippen molar-refractivity contribution in [1.29, 1.82) is 0 Å². The van der Waals surface area contributed by atoms with Gasteiger partial charge in [-0.25, -0.2) is 0 Å². The smallest absolute Gasteiger partial charge is 0.192 e. The molecule has 0 spiro atoms. The second-order valence-electron chi connectivity index (χ2n) is 6.76. The zero-order valence-corrected chi connectivity index (χ0v) is 13.9. The quantitative estimate of drug-likeness (QED) is 0.596. The normalized spacial score (nSPS) is 15.4. The molecule has 0 amide bonds. The number of hydrogen-bond acceptors (Lipinski definition) is 4. The lowest BCUT2D eigenvalue weighted by molar-refractivity contribution is 0.101. The topological polar surface area (TPSA) is 73.6 Å². The van der Waals surface area contributed by atoms with Crippen LogP contribution in [-0.4, -0.2) is 26.7 Å². The summed E-state index contributed by atoms with van der Waals surface area (Å²) in [6.07, 6.45) is 2.92. The van der Waals surface area contributed by atoms with Crippen LogP contribution in [0.25, 0.3) is 0 Å². The van der Waals surface area contributed by atoms with Gasteiger partial charge in [-0.15, -0.1) is 0 Å². The van der Waals surface area contributed by atoms with E-state index in [-0.39, 0.29) is 10.6 Å². The van der Waals surface area contributed by atoms with Crippen molar-refractivity contribution in [3.63, 3.8) is 0 Å². The molecule has 0 saturated heterocycles. The highest BCUT2D eigenvalue weighted by Gasteiger charge is 2.41. The second-order valence-corrected chi connectivity index (χ2v) is 11.5. The van der Waals surface area contributed by atoms with E-state index < -0.39 is 8.32 Å². The molecule has 0 rings (SSSR count). The zero-order valence-electron chi connectivity index (χ0n) is 12.9. The summed E-state index contributed by atoms with van der Waals surface area (Å²) in [7, 11) is -1.77. The molecule has 0 saturated carbocycles. The summed E-state index contributed by atoms with van der Waals surface area (Å²) in [6.45, 7) is 15.9. The molecule has 0 unspecified atom stereocenters. The third-order valence-corrected chi connectivity index (χ3v) is 7.92. The van der Waals surface area contributed by atoms with Crippen molar-refractivity contribution in [2.45, 2.75) is 58.4 Å². The molecule has 0 aliphatic rings. The lowest BCUT2D eigenvalue weighted by atomic mass is 10.1. The van der Waals surface area contributed by atoms with Crippen molar-refractivity contribution in [3.8, 4) is 0 Å². The standard InChI is InChI=1S/C13H29N3OSi/c1-12(2,3)18(6,7)17-13(4,5)10-16-9-11(15)8-14/h8-9H,10,14-15H2,1-7H3. The fourth-order valence-electron chi connectivity index (χ4n) is 1.29. The number of nitrogens with zero attached hydrogens (tertiary/aromatic N) is 1. The van der Waals surface area contributed by atoms with Gasteiger partial charge in [0.1, 0.15) is 0 Å². The minimum absolute atomic E-state index is 0.199. The van der Waals surface area contributed by atoms with Crippen molar-refractivity contribution >= 4 is 14.5 Å². The van der Waals surface area contributed by atoms with Crippen LogP contribution in [0.1, 0.15) is 34.6 Å². The van der Waals surface area contributed by atoms with E-state index in [1.165, 1.54) is 6.20 Å². The first kappa shape index (κ1) is 17.2. The molecule has 0 fully saturated rings. The molecule has 0 aliphatic carbocycles. The van der Waals surface area contributed by atoms with E-state index in [1.807, 2.05) is 0 Å². The van der Waals surface area contributed by atoms with Crippen LogP contribution in [0.3, 0.4) is 0 Å². The first-order valence-corrected chi connectivity index (χ1v) is 9.19. The van der Waals surface area contributed by atoms with Crippen LogP contribution >= 0.6 is 0 Å². The van der Waals surface area contributed by atoms with Gasteiger partial charge in [0, 0.05) is 12.4 Å². The molecule has 0 aromatic carbocycles. The molecule has 18 heavy (non-hydrogen) atoms. The van der Waals surface area contributed by atoms with Gasteiger partial charge < -0.3 is 15.9 Å². The van der Waals surface area contributed by atoms with Crippen molar-refractivity contribution in [2.75, 3.05) is 6.54 Å². The number of rotatable bonds is 5. The van der Waals surface area contributed by atoms with Gasteiger partial charge in [-0.1, -0.05) is 20.8 Å². The molecule has 5 heteroatoms. The van der Waals surface area contributed by atoms with Crippen molar-refractivity contribution in [3.05, 3.63) is 11.9 Å². The molecule has 0 atom stereocenters. The van der Waals surface area contributed by atoms with E-state index in [4.69, 9.17) is 15.9 Å². The lowest BCUT2D eigenvalue weighted by Crippen LogP contribution is -2.48. The average Bonchev–Trinajstić information content (AvgIpc) is 2.13. The summed E-state index contributed by atoms with van der Waals surface area (Å²) in [5.41, 5.74) is 11.0. The summed E-state index contributed by atoms with van der Waals surface area (Å²) in [6, 6.07) is 0. The van der Waals surface area contributed by atoms with Crippen LogP contribution < -0.4 is 11.5 Å². The molecular formula is C13H29N3OSi. The van der Waals surface area contributed by atoms with Gasteiger partial charge in [0.15, 0.2) is 8.32 Å². The number of hydrogen-bond donors (Lipinski definition) is 2. The van der Waals surface area contributed by atoms with E-state index in [0.29, 0.717) is 12.2 Å². The fraction of sp³-hybridized carbons (Fsp3) is 0.769. The minimum Gasteiger partial charge on any atom is -0.410 e. The Bertz CT molecular complexity index is 328. The summed E-state index contributed by atoms with van der Waals surface area (Å²) >= 11 is 0. The van der Waals surface area contributed by atoms with E-state index in [1.54, 1.807) is 6.21 Å². The summed E-state index contributed by atoms with van der Waals surface area (Å²) in [5, 5.41) is 0.199. The van der Waals surface area contributed by atoms with E-state index in [2.05, 4.69) is 52.7 Å². The largest absolute Gasteiger partial charge is 0.410 e. The molecule has 0 aromatic rings. The average molecular weight is 271 g/mol. The monoisotopic (exact) mass is 271 g/mol. The Morgan fingerprint density at radius 2 is 1.72 bits per heavy atom. The van der Waals surface area contributed by atoms with Gasteiger partial charge in [0.25, 0.3) is 0 Å². The highest BCUT2D eigenvalue weighted by Crippen LogP contribution is 2.39. The van der Waals surface area contributed by atoms with Gasteiger partial charge >= 0.3 is 0 Å². The third-order valence-electron chi connectivity index (χ3n) is 3.24. The highest BCUT2D eigenvalue weighted by molar-refractivity contribution is 6.74. The number of aliphatic imine (C=N–C) groups is 1. The zero-order chi connectivity index (χ0) is 14.6. The first-order valence-electron chi connectivity index (χ1n) is 6.29. The molecule has 106 valence electrons. The van der Waals surface area contributed by atoms with Crippen LogP contribution in [0, 0.1) is 0 Å². The van der Waals surface area contributed by atoms with Gasteiger partial charge in [0.05, 0.1) is 17.8 Å². The molecule has 4 N–H and O–H groups in total. The Morgan fingerprint density at radius 1 is 1.22 bits per heavy atom. The summed E-state index contributed by atoms with van der Waals surface area (Å²) < 4.78 is 6.34. The van der Waals surface area contributed by atoms with Gasteiger partial charge in [0.2, 0.25) is 0 Å². The SMILES string of the molecule is CC(C)(CN=CC(N)=CN)O[Si](C)(C)C(C)(C)C. The molecule has 0 aliphatic heterocycles. The van der Waals surface area contributed by atoms with Crippen LogP contribution in [0.5, 0.6) is 0 Å². The molecule has 4 nitrogen and oxygen atoms in total. The fourth-order valence-corrected chi connectivity index (χ4v) is 3.04. The van der Waals surface area contributed by atoms with Gasteiger partial charge in [-0.3, -0.25) is 4.99 Å². The predicted molar refractivity (Wildman–Crippen MR) is 82.2 cm³/mol. The van der Waals surface area contributed by atoms with Crippen LogP contribution in [-0.2, 0) is 4.43 Å². The molecule has 0 radical (unpaired) electrons. The van der Waals surface area contributed by atoms with E-state index in [9.17, 15) is 0 Å². The Balaban J connectivity index is 4.63. The van der Waals surface area contributed by atoms with Crippen molar-refractivity contribution in [1.82, 2.24) is 0 Å². The Morgan fingerprint density at radius 3 is 2.11 bits per heavy atom. The van der Waals surface area contributed by atoms with E-state index in [0.717, 1.165) is 0 Å². The van der Waals surface area contributed by atoms with Gasteiger partial charge in [-0.05, 0) is 32.0 Å². The molecular weight excluding hydrogens is 242 g/mol.